The Morgan fingerprint density at radius 2 is 1.72 bits per heavy atom. The lowest BCUT2D eigenvalue weighted by atomic mass is 9.57. The zero-order valence-electron chi connectivity index (χ0n) is 22.2. The molecule has 3 aromatic heterocycles. The number of halogens is 1. The molecule has 0 unspecified atom stereocenters. The lowest BCUT2D eigenvalue weighted by Gasteiger charge is -2.60. The number of aromatic nitrogens is 4. The standard InChI is InChI=1S/C28H31FN8OS/c1-3-36-12-27(13-36)14-37(15-27)17-7-30-24(31-8-17)34-25-32-9-19(29)21(33-25)20-6-18-22(39-20)28(16-35(2)23(18)38)10-26(11-28)4-5-26/h6-9H,3-5,10-16H2,1-2H3,(H,30,31,32,33,34). The number of nitrogens with one attached hydrogen (secondary N) is 1. The molecule has 0 atom stereocenters. The first-order chi connectivity index (χ1) is 18.8. The van der Waals surface area contributed by atoms with Crippen molar-refractivity contribution in [3.63, 3.8) is 0 Å². The normalized spacial score (nSPS) is 23.4. The zero-order valence-corrected chi connectivity index (χ0v) is 23.0. The highest BCUT2D eigenvalue weighted by atomic mass is 32.1. The van der Waals surface area contributed by atoms with Crippen LogP contribution in [0.4, 0.5) is 22.0 Å². The molecule has 0 radical (unpaired) electrons. The van der Waals surface area contributed by atoms with E-state index in [1.165, 1.54) is 43.5 Å². The van der Waals surface area contributed by atoms with Crippen molar-refractivity contribution >= 4 is 34.8 Å². The molecule has 1 N–H and O–H groups in total. The van der Waals surface area contributed by atoms with E-state index in [2.05, 4.69) is 42.0 Å². The monoisotopic (exact) mass is 546 g/mol. The molecule has 11 heteroatoms. The highest BCUT2D eigenvalue weighted by Gasteiger charge is 2.64. The Balaban J connectivity index is 1.01. The third-order valence-electron chi connectivity index (χ3n) is 9.54. The summed E-state index contributed by atoms with van der Waals surface area (Å²) in [6, 6.07) is 1.82. The topological polar surface area (TPSA) is 90.4 Å². The first kappa shape index (κ1) is 23.7. The van der Waals surface area contributed by atoms with Gasteiger partial charge in [0.05, 0.1) is 34.7 Å². The minimum Gasteiger partial charge on any atom is -0.368 e. The van der Waals surface area contributed by atoms with E-state index in [9.17, 15) is 4.79 Å². The average molecular weight is 547 g/mol. The molecule has 4 fully saturated rings. The summed E-state index contributed by atoms with van der Waals surface area (Å²) in [5.41, 5.74) is 2.81. The van der Waals surface area contributed by atoms with Crippen molar-refractivity contribution in [2.45, 2.75) is 38.0 Å². The molecule has 3 aromatic rings. The molecule has 6 heterocycles. The van der Waals surface area contributed by atoms with Crippen LogP contribution in [0.3, 0.4) is 0 Å². The molecule has 9 nitrogen and oxygen atoms in total. The van der Waals surface area contributed by atoms with Crippen LogP contribution in [0.25, 0.3) is 10.6 Å². The number of amides is 1. The number of anilines is 3. The first-order valence-corrected chi connectivity index (χ1v) is 14.6. The number of likely N-dealkylation sites (tertiary alicyclic amines) is 1. The van der Waals surface area contributed by atoms with Crippen molar-refractivity contribution in [3.8, 4) is 10.6 Å². The maximum absolute atomic E-state index is 15.0. The van der Waals surface area contributed by atoms with Gasteiger partial charge in [-0.2, -0.15) is 0 Å². The van der Waals surface area contributed by atoms with Crippen LogP contribution in [0.2, 0.25) is 0 Å². The van der Waals surface area contributed by atoms with Crippen LogP contribution >= 0.6 is 11.3 Å². The molecule has 3 aliphatic heterocycles. The van der Waals surface area contributed by atoms with Crippen LogP contribution in [0.15, 0.2) is 24.7 Å². The summed E-state index contributed by atoms with van der Waals surface area (Å²) in [5, 5.41) is 3.02. The number of fused-ring (bicyclic) bond motifs is 2. The molecule has 202 valence electrons. The fraction of sp³-hybridized carbons (Fsp3) is 0.536. The largest absolute Gasteiger partial charge is 0.368 e. The second kappa shape index (κ2) is 7.94. The van der Waals surface area contributed by atoms with Crippen LogP contribution < -0.4 is 10.2 Å². The lowest BCUT2D eigenvalue weighted by Crippen LogP contribution is -2.72. The van der Waals surface area contributed by atoms with Crippen LogP contribution in [-0.2, 0) is 5.41 Å². The van der Waals surface area contributed by atoms with Crippen LogP contribution in [0, 0.1) is 16.6 Å². The van der Waals surface area contributed by atoms with Gasteiger partial charge in [-0.15, -0.1) is 11.3 Å². The minimum atomic E-state index is -0.512. The minimum absolute atomic E-state index is 0.00169. The molecule has 2 aliphatic carbocycles. The van der Waals surface area contributed by atoms with Gasteiger partial charge in [0.1, 0.15) is 5.69 Å². The predicted octanol–water partition coefficient (Wildman–Crippen LogP) is 3.92. The summed E-state index contributed by atoms with van der Waals surface area (Å²) in [4.78, 5) is 38.9. The second-order valence-electron chi connectivity index (χ2n) is 12.6. The quantitative estimate of drug-likeness (QED) is 0.515. The molecule has 2 saturated carbocycles. The number of thiophene rings is 1. The highest BCUT2D eigenvalue weighted by Crippen LogP contribution is 2.70. The van der Waals surface area contributed by atoms with Crippen molar-refractivity contribution in [2.24, 2.45) is 10.8 Å². The van der Waals surface area contributed by atoms with E-state index in [0.29, 0.717) is 27.2 Å². The van der Waals surface area contributed by atoms with E-state index in [1.807, 2.05) is 30.4 Å². The molecule has 2 saturated heterocycles. The van der Waals surface area contributed by atoms with Gasteiger partial charge in [0.15, 0.2) is 5.82 Å². The van der Waals surface area contributed by atoms with Gasteiger partial charge in [0.2, 0.25) is 11.9 Å². The number of nitrogens with zero attached hydrogens (tertiary/aromatic N) is 7. The second-order valence-corrected chi connectivity index (χ2v) is 13.6. The van der Waals surface area contributed by atoms with E-state index in [4.69, 9.17) is 0 Å². The lowest BCUT2D eigenvalue weighted by molar-refractivity contribution is -0.0178. The van der Waals surface area contributed by atoms with E-state index in [1.54, 1.807) is 0 Å². The summed E-state index contributed by atoms with van der Waals surface area (Å²) in [7, 11) is 1.87. The zero-order chi connectivity index (χ0) is 26.6. The molecule has 5 aliphatic rings. The van der Waals surface area contributed by atoms with Gasteiger partial charge in [0, 0.05) is 55.5 Å². The fourth-order valence-electron chi connectivity index (χ4n) is 7.57. The molecule has 1 amide bonds. The molecule has 0 aromatic carbocycles. The van der Waals surface area contributed by atoms with E-state index in [-0.39, 0.29) is 23.0 Å². The van der Waals surface area contributed by atoms with Crippen LogP contribution in [-0.4, -0.2) is 82.0 Å². The van der Waals surface area contributed by atoms with Gasteiger partial charge >= 0.3 is 0 Å². The molecular weight excluding hydrogens is 515 g/mol. The van der Waals surface area contributed by atoms with E-state index in [0.717, 1.165) is 49.6 Å². The highest BCUT2D eigenvalue weighted by molar-refractivity contribution is 7.16. The summed E-state index contributed by atoms with van der Waals surface area (Å²) >= 11 is 1.51. The summed E-state index contributed by atoms with van der Waals surface area (Å²) in [6.07, 6.45) is 9.59. The molecule has 0 bridgehead atoms. The Hall–Kier alpha value is -3.18. The van der Waals surface area contributed by atoms with E-state index >= 15 is 4.39 Å². The van der Waals surface area contributed by atoms with Gasteiger partial charge in [-0.3, -0.25) is 10.1 Å². The fourth-order valence-corrected chi connectivity index (χ4v) is 8.89. The Kier molecular flexibility index (Phi) is 4.82. The van der Waals surface area contributed by atoms with E-state index < -0.39 is 5.82 Å². The molecule has 8 rings (SSSR count). The molecule has 39 heavy (non-hydrogen) atoms. The predicted molar refractivity (Wildman–Crippen MR) is 147 cm³/mol. The van der Waals surface area contributed by atoms with Crippen molar-refractivity contribution in [2.75, 3.05) is 56.5 Å². The number of likely N-dealkylation sites (N-methyl/N-ethyl adjacent to an activating group) is 1. The Labute approximate surface area is 230 Å². The van der Waals surface area contributed by atoms with Crippen LogP contribution in [0.5, 0.6) is 0 Å². The third kappa shape index (κ3) is 3.62. The van der Waals surface area contributed by atoms with Gasteiger partial charge in [-0.25, -0.2) is 24.3 Å². The molecular formula is C28H31FN8OS. The first-order valence-electron chi connectivity index (χ1n) is 13.8. The number of carbonyl (C=O) groups is 1. The van der Waals surface area contributed by atoms with Crippen molar-refractivity contribution in [1.82, 2.24) is 29.7 Å². The smallest absolute Gasteiger partial charge is 0.254 e. The van der Waals surface area contributed by atoms with Gasteiger partial charge in [-0.1, -0.05) is 6.92 Å². The van der Waals surface area contributed by atoms with Gasteiger partial charge in [0.25, 0.3) is 5.91 Å². The third-order valence-corrected chi connectivity index (χ3v) is 10.9. The summed E-state index contributed by atoms with van der Waals surface area (Å²) < 4.78 is 15.0. The summed E-state index contributed by atoms with van der Waals surface area (Å²) in [5.74, 6) is 0.0743. The average Bonchev–Trinajstić information content (AvgIpc) is 3.50. The Bertz CT molecular complexity index is 1480. The number of hydrogen-bond acceptors (Lipinski definition) is 9. The number of carbonyl (C=O) groups excluding carboxylic acids is 1. The maximum atomic E-state index is 15.0. The van der Waals surface area contributed by atoms with Crippen molar-refractivity contribution in [1.29, 1.82) is 0 Å². The van der Waals surface area contributed by atoms with Gasteiger partial charge in [-0.05, 0) is 43.7 Å². The molecule has 3 spiro atoms. The van der Waals surface area contributed by atoms with Crippen LogP contribution in [0.1, 0.15) is 47.8 Å². The number of hydrogen-bond donors (Lipinski definition) is 1. The van der Waals surface area contributed by atoms with Gasteiger partial charge < -0.3 is 14.7 Å². The number of rotatable bonds is 5. The Morgan fingerprint density at radius 1 is 1.00 bits per heavy atom. The van der Waals surface area contributed by atoms with Crippen molar-refractivity contribution < 1.29 is 9.18 Å². The Morgan fingerprint density at radius 3 is 2.41 bits per heavy atom. The summed E-state index contributed by atoms with van der Waals surface area (Å²) in [6.45, 7) is 8.48. The SMILES string of the molecule is CCN1CC2(C1)CN(c1cnc(Nc3ncc(F)c(-c4cc5c(s4)C4(CN(C)C5=O)CC5(CC5)C4)n3)nc1)C2. The maximum Gasteiger partial charge on any atom is 0.254 e. The van der Waals surface area contributed by atoms with Crippen molar-refractivity contribution in [3.05, 3.63) is 40.9 Å².